The SMILES string of the molecule is Cc1ccc(CC(=O)c2c[nH]c3cc(C#N)ccc23)cc1. The first-order chi connectivity index (χ1) is 10.2. The zero-order valence-electron chi connectivity index (χ0n) is 11.7. The number of Topliss-reactive ketones (excluding diaryl/α,β-unsaturated/α-hetero) is 1. The maximum absolute atomic E-state index is 12.4. The molecule has 0 bridgehead atoms. The summed E-state index contributed by atoms with van der Waals surface area (Å²) in [7, 11) is 0. The van der Waals surface area contributed by atoms with Crippen LogP contribution >= 0.6 is 0 Å². The second kappa shape index (κ2) is 5.26. The Morgan fingerprint density at radius 1 is 1.19 bits per heavy atom. The Bertz CT molecular complexity index is 851. The highest BCUT2D eigenvalue weighted by atomic mass is 16.1. The Labute approximate surface area is 122 Å². The van der Waals surface area contributed by atoms with E-state index in [9.17, 15) is 4.79 Å². The summed E-state index contributed by atoms with van der Waals surface area (Å²) in [4.78, 5) is 15.5. The van der Waals surface area contributed by atoms with Gasteiger partial charge in [0.15, 0.2) is 5.78 Å². The number of carbonyl (C=O) groups excluding carboxylic acids is 1. The van der Waals surface area contributed by atoms with Gasteiger partial charge in [-0.05, 0) is 24.6 Å². The lowest BCUT2D eigenvalue weighted by atomic mass is 10.0. The Balaban J connectivity index is 1.91. The van der Waals surface area contributed by atoms with Gasteiger partial charge in [-0.25, -0.2) is 0 Å². The van der Waals surface area contributed by atoms with Gasteiger partial charge >= 0.3 is 0 Å². The van der Waals surface area contributed by atoms with Gasteiger partial charge in [0.05, 0.1) is 11.6 Å². The Kier molecular flexibility index (Phi) is 3.29. The normalized spacial score (nSPS) is 10.5. The van der Waals surface area contributed by atoms with Crippen LogP contribution < -0.4 is 0 Å². The van der Waals surface area contributed by atoms with Crippen molar-refractivity contribution in [3.8, 4) is 6.07 Å². The summed E-state index contributed by atoms with van der Waals surface area (Å²) in [6.45, 7) is 2.03. The highest BCUT2D eigenvalue weighted by molar-refractivity contribution is 6.08. The minimum atomic E-state index is 0.0785. The first kappa shape index (κ1) is 13.1. The third-order valence-electron chi connectivity index (χ3n) is 3.60. The van der Waals surface area contributed by atoms with Crippen molar-refractivity contribution in [2.75, 3.05) is 0 Å². The predicted molar refractivity (Wildman–Crippen MR) is 82.2 cm³/mol. The molecule has 0 spiro atoms. The molecule has 0 amide bonds. The number of aryl methyl sites for hydroxylation is 1. The van der Waals surface area contributed by atoms with E-state index < -0.39 is 0 Å². The number of aromatic amines is 1. The van der Waals surface area contributed by atoms with Gasteiger partial charge in [0, 0.05) is 29.1 Å². The van der Waals surface area contributed by atoms with Crippen molar-refractivity contribution in [2.45, 2.75) is 13.3 Å². The summed E-state index contributed by atoms with van der Waals surface area (Å²) in [5, 5.41) is 9.77. The fraction of sp³-hybridized carbons (Fsp3) is 0.111. The molecule has 0 fully saturated rings. The van der Waals surface area contributed by atoms with E-state index in [-0.39, 0.29) is 5.78 Å². The summed E-state index contributed by atoms with van der Waals surface area (Å²) in [6, 6.07) is 15.4. The molecule has 3 aromatic rings. The van der Waals surface area contributed by atoms with Crippen LogP contribution in [-0.4, -0.2) is 10.8 Å². The molecular formula is C18H14N2O. The summed E-state index contributed by atoms with van der Waals surface area (Å²) in [6.07, 6.45) is 2.11. The Morgan fingerprint density at radius 2 is 1.95 bits per heavy atom. The number of rotatable bonds is 3. The van der Waals surface area contributed by atoms with Crippen molar-refractivity contribution < 1.29 is 4.79 Å². The molecule has 3 rings (SSSR count). The van der Waals surface area contributed by atoms with Crippen LogP contribution in [0.15, 0.2) is 48.7 Å². The van der Waals surface area contributed by atoms with E-state index in [1.165, 1.54) is 5.56 Å². The summed E-state index contributed by atoms with van der Waals surface area (Å²) >= 11 is 0. The molecular weight excluding hydrogens is 260 g/mol. The topological polar surface area (TPSA) is 56.6 Å². The number of ketones is 1. The largest absolute Gasteiger partial charge is 0.360 e. The summed E-state index contributed by atoms with van der Waals surface area (Å²) in [5.41, 5.74) is 4.27. The standard InChI is InChI=1S/C18H14N2O/c1-12-2-4-13(5-3-12)9-18(21)16-11-20-17-8-14(10-19)6-7-15(16)17/h2-8,11,20H,9H2,1H3. The molecule has 0 radical (unpaired) electrons. The molecule has 0 aliphatic rings. The Hall–Kier alpha value is -2.86. The maximum atomic E-state index is 12.4. The highest BCUT2D eigenvalue weighted by Crippen LogP contribution is 2.21. The van der Waals surface area contributed by atoms with Crippen molar-refractivity contribution in [2.24, 2.45) is 0 Å². The average molecular weight is 274 g/mol. The monoisotopic (exact) mass is 274 g/mol. The van der Waals surface area contributed by atoms with Crippen LogP contribution in [0.5, 0.6) is 0 Å². The maximum Gasteiger partial charge on any atom is 0.169 e. The van der Waals surface area contributed by atoms with Gasteiger partial charge in [-0.1, -0.05) is 35.9 Å². The van der Waals surface area contributed by atoms with Gasteiger partial charge in [-0.3, -0.25) is 4.79 Å². The number of fused-ring (bicyclic) bond motifs is 1. The molecule has 0 saturated heterocycles. The number of nitrogens with zero attached hydrogens (tertiary/aromatic N) is 1. The van der Waals surface area contributed by atoms with Crippen molar-refractivity contribution in [3.05, 3.63) is 70.9 Å². The van der Waals surface area contributed by atoms with Gasteiger partial charge in [-0.2, -0.15) is 5.26 Å². The molecule has 3 nitrogen and oxygen atoms in total. The lowest BCUT2D eigenvalue weighted by Gasteiger charge is -2.01. The van der Waals surface area contributed by atoms with Crippen LogP contribution in [0.3, 0.4) is 0 Å². The average Bonchev–Trinajstić information content (AvgIpc) is 2.92. The van der Waals surface area contributed by atoms with E-state index in [2.05, 4.69) is 11.1 Å². The van der Waals surface area contributed by atoms with Crippen LogP contribution in [0.25, 0.3) is 10.9 Å². The first-order valence-electron chi connectivity index (χ1n) is 6.77. The molecule has 3 heteroatoms. The zero-order chi connectivity index (χ0) is 14.8. The molecule has 102 valence electrons. The molecule has 1 heterocycles. The third-order valence-corrected chi connectivity index (χ3v) is 3.60. The van der Waals surface area contributed by atoms with Gasteiger partial charge in [-0.15, -0.1) is 0 Å². The van der Waals surface area contributed by atoms with Gasteiger partial charge in [0.1, 0.15) is 0 Å². The van der Waals surface area contributed by atoms with E-state index in [1.54, 1.807) is 18.3 Å². The molecule has 0 aliphatic heterocycles. The number of hydrogen-bond donors (Lipinski definition) is 1. The molecule has 0 unspecified atom stereocenters. The second-order valence-electron chi connectivity index (χ2n) is 5.16. The number of carbonyl (C=O) groups is 1. The minimum Gasteiger partial charge on any atom is -0.360 e. The van der Waals surface area contributed by atoms with Crippen molar-refractivity contribution in [3.63, 3.8) is 0 Å². The summed E-state index contributed by atoms with van der Waals surface area (Å²) in [5.74, 6) is 0.0785. The lowest BCUT2D eigenvalue weighted by Crippen LogP contribution is -2.02. The molecule has 21 heavy (non-hydrogen) atoms. The van der Waals surface area contributed by atoms with Crippen LogP contribution in [-0.2, 0) is 6.42 Å². The first-order valence-corrected chi connectivity index (χ1v) is 6.77. The van der Waals surface area contributed by atoms with Gasteiger partial charge < -0.3 is 4.98 Å². The zero-order valence-corrected chi connectivity index (χ0v) is 11.7. The molecule has 0 saturated carbocycles. The number of aromatic nitrogens is 1. The second-order valence-corrected chi connectivity index (χ2v) is 5.16. The molecule has 1 aromatic heterocycles. The van der Waals surface area contributed by atoms with E-state index in [0.717, 1.165) is 16.5 Å². The van der Waals surface area contributed by atoms with E-state index in [1.807, 2.05) is 37.3 Å². The van der Waals surface area contributed by atoms with Gasteiger partial charge in [0.2, 0.25) is 0 Å². The van der Waals surface area contributed by atoms with E-state index in [0.29, 0.717) is 17.5 Å². The number of hydrogen-bond acceptors (Lipinski definition) is 2. The third kappa shape index (κ3) is 2.56. The van der Waals surface area contributed by atoms with Crippen LogP contribution in [0.1, 0.15) is 27.0 Å². The van der Waals surface area contributed by atoms with E-state index in [4.69, 9.17) is 5.26 Å². The van der Waals surface area contributed by atoms with Crippen molar-refractivity contribution >= 4 is 16.7 Å². The quantitative estimate of drug-likeness (QED) is 0.739. The van der Waals surface area contributed by atoms with Crippen molar-refractivity contribution in [1.82, 2.24) is 4.98 Å². The van der Waals surface area contributed by atoms with Crippen molar-refractivity contribution in [1.29, 1.82) is 5.26 Å². The lowest BCUT2D eigenvalue weighted by molar-refractivity contribution is 0.0994. The van der Waals surface area contributed by atoms with Crippen LogP contribution in [0.4, 0.5) is 0 Å². The fourth-order valence-corrected chi connectivity index (χ4v) is 2.41. The minimum absolute atomic E-state index is 0.0785. The molecule has 0 aliphatic carbocycles. The van der Waals surface area contributed by atoms with Crippen LogP contribution in [0.2, 0.25) is 0 Å². The van der Waals surface area contributed by atoms with Gasteiger partial charge in [0.25, 0.3) is 0 Å². The number of nitrogens with one attached hydrogen (secondary N) is 1. The Morgan fingerprint density at radius 3 is 2.67 bits per heavy atom. The molecule has 1 N–H and O–H groups in total. The molecule has 2 aromatic carbocycles. The molecule has 0 atom stereocenters. The number of H-pyrrole nitrogens is 1. The number of nitriles is 1. The summed E-state index contributed by atoms with van der Waals surface area (Å²) < 4.78 is 0. The smallest absolute Gasteiger partial charge is 0.169 e. The number of benzene rings is 2. The predicted octanol–water partition coefficient (Wildman–Crippen LogP) is 3.77. The highest BCUT2D eigenvalue weighted by Gasteiger charge is 2.13. The van der Waals surface area contributed by atoms with E-state index >= 15 is 0 Å². The fourth-order valence-electron chi connectivity index (χ4n) is 2.41. The van der Waals surface area contributed by atoms with Crippen LogP contribution in [0, 0.1) is 18.3 Å².